The Hall–Kier alpha value is -1.86. The van der Waals surface area contributed by atoms with Crippen molar-refractivity contribution in [2.24, 2.45) is 0 Å². The molecule has 1 atom stereocenters. The number of halogens is 1. The third kappa shape index (κ3) is 3.38. The summed E-state index contributed by atoms with van der Waals surface area (Å²) in [6.45, 7) is 0. The molecule has 1 amide bonds. The van der Waals surface area contributed by atoms with Crippen molar-refractivity contribution in [2.75, 3.05) is 16.8 Å². The van der Waals surface area contributed by atoms with E-state index in [1.165, 1.54) is 0 Å². The Bertz CT molecular complexity index is 968. The number of amides is 1. The second kappa shape index (κ2) is 6.70. The minimum absolute atomic E-state index is 0.108. The Labute approximate surface area is 157 Å². The largest absolute Gasteiger partial charge is 0.321 e. The van der Waals surface area contributed by atoms with Crippen molar-refractivity contribution in [2.45, 2.75) is 38.1 Å². The highest BCUT2D eigenvalue weighted by Crippen LogP contribution is 2.31. The number of nitrogens with one attached hydrogen (secondary N) is 1. The van der Waals surface area contributed by atoms with E-state index in [9.17, 15) is 13.2 Å². The first-order valence-electron chi connectivity index (χ1n) is 8.80. The summed E-state index contributed by atoms with van der Waals surface area (Å²) in [5.74, 6) is 0.0253. The van der Waals surface area contributed by atoms with E-state index in [2.05, 4.69) is 10.4 Å². The second-order valence-corrected chi connectivity index (χ2v) is 9.61. The monoisotopic (exact) mass is 393 g/mol. The van der Waals surface area contributed by atoms with Gasteiger partial charge in [-0.05, 0) is 50.3 Å². The van der Waals surface area contributed by atoms with Crippen molar-refractivity contribution in [1.82, 2.24) is 9.78 Å². The molecule has 1 aliphatic heterocycles. The summed E-state index contributed by atoms with van der Waals surface area (Å²) in [5.41, 5.74) is 3.00. The molecule has 0 radical (unpaired) electrons. The first-order chi connectivity index (χ1) is 12.4. The highest BCUT2D eigenvalue weighted by molar-refractivity contribution is 7.91. The van der Waals surface area contributed by atoms with Crippen LogP contribution < -0.4 is 5.32 Å². The van der Waals surface area contributed by atoms with Crippen LogP contribution in [0.25, 0.3) is 0 Å². The van der Waals surface area contributed by atoms with Crippen molar-refractivity contribution < 1.29 is 13.2 Å². The van der Waals surface area contributed by atoms with Gasteiger partial charge in [0, 0.05) is 22.0 Å². The van der Waals surface area contributed by atoms with E-state index in [1.54, 1.807) is 24.3 Å². The van der Waals surface area contributed by atoms with E-state index in [4.69, 9.17) is 11.6 Å². The average Bonchev–Trinajstić information content (AvgIpc) is 3.15. The molecule has 1 fully saturated rings. The smallest absolute Gasteiger partial charge is 0.276 e. The van der Waals surface area contributed by atoms with Gasteiger partial charge >= 0.3 is 0 Å². The van der Waals surface area contributed by atoms with E-state index in [0.717, 1.165) is 36.9 Å². The number of hydrogen-bond acceptors (Lipinski definition) is 4. The summed E-state index contributed by atoms with van der Waals surface area (Å²) in [7, 11) is -3.01. The number of fused-ring (bicyclic) bond motifs is 1. The maximum absolute atomic E-state index is 12.8. The lowest BCUT2D eigenvalue weighted by molar-refractivity contribution is 0.102. The molecule has 1 aromatic carbocycles. The predicted octanol–water partition coefficient (Wildman–Crippen LogP) is 3.03. The zero-order valence-corrected chi connectivity index (χ0v) is 15.8. The summed E-state index contributed by atoms with van der Waals surface area (Å²) >= 11 is 5.98. The van der Waals surface area contributed by atoms with Crippen LogP contribution in [0, 0.1) is 0 Å². The Balaban J connectivity index is 1.67. The minimum atomic E-state index is -3.01. The van der Waals surface area contributed by atoms with Crippen LogP contribution >= 0.6 is 11.6 Å². The van der Waals surface area contributed by atoms with Gasteiger partial charge in [0.15, 0.2) is 15.5 Å². The van der Waals surface area contributed by atoms with Crippen LogP contribution in [0.2, 0.25) is 5.02 Å². The van der Waals surface area contributed by atoms with Crippen LogP contribution in [0.4, 0.5) is 5.69 Å². The van der Waals surface area contributed by atoms with Crippen molar-refractivity contribution >= 4 is 33.0 Å². The molecule has 4 rings (SSSR count). The lowest BCUT2D eigenvalue weighted by Crippen LogP contribution is -2.17. The molecule has 0 spiro atoms. The Kier molecular flexibility index (Phi) is 4.52. The molecule has 2 heterocycles. The summed E-state index contributed by atoms with van der Waals surface area (Å²) in [6.07, 6.45) is 4.24. The van der Waals surface area contributed by atoms with Gasteiger partial charge in [-0.1, -0.05) is 17.7 Å². The first-order valence-corrected chi connectivity index (χ1v) is 11.0. The van der Waals surface area contributed by atoms with Gasteiger partial charge in [0.05, 0.1) is 17.5 Å². The molecule has 1 saturated heterocycles. The zero-order valence-electron chi connectivity index (χ0n) is 14.2. The molecule has 6 nitrogen and oxygen atoms in total. The molecular formula is C18H20ClN3O3S. The fourth-order valence-electron chi connectivity index (χ4n) is 3.84. The first kappa shape index (κ1) is 17.5. The van der Waals surface area contributed by atoms with Crippen LogP contribution in [0.15, 0.2) is 24.3 Å². The maximum atomic E-state index is 12.8. The van der Waals surface area contributed by atoms with Gasteiger partial charge in [-0.3, -0.25) is 9.48 Å². The highest BCUT2D eigenvalue weighted by Gasteiger charge is 2.34. The van der Waals surface area contributed by atoms with Crippen LogP contribution in [-0.2, 0) is 22.7 Å². The van der Waals surface area contributed by atoms with Crippen LogP contribution in [-0.4, -0.2) is 35.6 Å². The van der Waals surface area contributed by atoms with E-state index in [0.29, 0.717) is 22.8 Å². The van der Waals surface area contributed by atoms with Crippen LogP contribution in [0.5, 0.6) is 0 Å². The van der Waals surface area contributed by atoms with Gasteiger partial charge in [-0.2, -0.15) is 5.10 Å². The summed E-state index contributed by atoms with van der Waals surface area (Å²) in [6, 6.07) is 6.81. The number of nitrogens with zero attached hydrogens (tertiary/aromatic N) is 2. The highest BCUT2D eigenvalue weighted by atomic mass is 35.5. The van der Waals surface area contributed by atoms with Crippen molar-refractivity contribution in [3.8, 4) is 0 Å². The van der Waals surface area contributed by atoms with Crippen LogP contribution in [0.1, 0.15) is 47.1 Å². The van der Waals surface area contributed by atoms with E-state index in [-0.39, 0.29) is 23.5 Å². The molecule has 2 aromatic rings. The molecule has 1 aromatic heterocycles. The van der Waals surface area contributed by atoms with Gasteiger partial charge in [0.2, 0.25) is 0 Å². The Morgan fingerprint density at radius 2 is 2.08 bits per heavy atom. The third-order valence-corrected chi connectivity index (χ3v) is 7.05. The second-order valence-electron chi connectivity index (χ2n) is 6.95. The Morgan fingerprint density at radius 3 is 2.81 bits per heavy atom. The van der Waals surface area contributed by atoms with Gasteiger partial charge in [-0.25, -0.2) is 8.42 Å². The Morgan fingerprint density at radius 1 is 1.27 bits per heavy atom. The molecule has 1 aliphatic carbocycles. The fourth-order valence-corrected chi connectivity index (χ4v) is 5.72. The number of anilines is 1. The molecule has 26 heavy (non-hydrogen) atoms. The molecule has 8 heteroatoms. The normalized spacial score (nSPS) is 21.3. The minimum Gasteiger partial charge on any atom is -0.321 e. The van der Waals surface area contributed by atoms with Crippen molar-refractivity contribution in [3.05, 3.63) is 46.2 Å². The summed E-state index contributed by atoms with van der Waals surface area (Å²) in [4.78, 5) is 12.8. The lowest BCUT2D eigenvalue weighted by atomic mass is 9.95. The quantitative estimate of drug-likeness (QED) is 0.869. The van der Waals surface area contributed by atoms with E-state index < -0.39 is 9.84 Å². The fraction of sp³-hybridized carbons (Fsp3) is 0.444. The molecule has 2 aliphatic rings. The van der Waals surface area contributed by atoms with Gasteiger partial charge in [0.25, 0.3) is 5.91 Å². The van der Waals surface area contributed by atoms with Crippen LogP contribution in [0.3, 0.4) is 0 Å². The lowest BCUT2D eigenvalue weighted by Gasteiger charge is -2.17. The number of carbonyl (C=O) groups excluding carboxylic acids is 1. The third-order valence-electron chi connectivity index (χ3n) is 5.06. The maximum Gasteiger partial charge on any atom is 0.276 e. The van der Waals surface area contributed by atoms with Gasteiger partial charge in [0.1, 0.15) is 0 Å². The van der Waals surface area contributed by atoms with Crippen molar-refractivity contribution in [3.63, 3.8) is 0 Å². The number of rotatable bonds is 3. The summed E-state index contributed by atoms with van der Waals surface area (Å²) in [5, 5.41) is 7.96. The molecule has 1 N–H and O–H groups in total. The zero-order chi connectivity index (χ0) is 18.3. The molecule has 138 valence electrons. The number of hydrogen-bond donors (Lipinski definition) is 1. The molecule has 0 saturated carbocycles. The van der Waals surface area contributed by atoms with Gasteiger partial charge < -0.3 is 5.32 Å². The predicted molar refractivity (Wildman–Crippen MR) is 101 cm³/mol. The average molecular weight is 394 g/mol. The van der Waals surface area contributed by atoms with Crippen molar-refractivity contribution in [1.29, 1.82) is 0 Å². The molecule has 0 unspecified atom stereocenters. The number of benzene rings is 1. The number of sulfone groups is 1. The standard InChI is InChI=1S/C18H20ClN3O3S/c19-12-4-3-5-13(10-12)20-18(23)17-15-6-1-2-7-16(15)22(21-17)14-8-9-26(24,25)11-14/h3-5,10,14H,1-2,6-9,11H2,(H,20,23)/t14-/m1/s1. The molecular weight excluding hydrogens is 374 g/mol. The number of aromatic nitrogens is 2. The molecule has 0 bridgehead atoms. The topological polar surface area (TPSA) is 81.1 Å². The van der Waals surface area contributed by atoms with E-state index in [1.807, 2.05) is 4.68 Å². The number of carbonyl (C=O) groups is 1. The van der Waals surface area contributed by atoms with E-state index >= 15 is 0 Å². The SMILES string of the molecule is O=C(Nc1cccc(Cl)c1)c1nn([C@@H]2CCS(=O)(=O)C2)c2c1CCCC2. The summed E-state index contributed by atoms with van der Waals surface area (Å²) < 4.78 is 25.5. The van der Waals surface area contributed by atoms with Gasteiger partial charge in [-0.15, -0.1) is 0 Å².